The Hall–Kier alpha value is -4.12. The molecule has 1 saturated carbocycles. The van der Waals surface area contributed by atoms with E-state index in [1.54, 1.807) is 18.2 Å². The highest BCUT2D eigenvalue weighted by Gasteiger charge is 2.36. The average Bonchev–Trinajstić information content (AvgIpc) is 3.60. The molecule has 1 fully saturated rings. The lowest BCUT2D eigenvalue weighted by Crippen LogP contribution is -2.54. The van der Waals surface area contributed by atoms with E-state index in [2.05, 4.69) is 5.32 Å². The van der Waals surface area contributed by atoms with Crippen molar-refractivity contribution in [2.75, 3.05) is 17.5 Å². The minimum atomic E-state index is -4.37. The van der Waals surface area contributed by atoms with E-state index in [0.717, 1.165) is 47.7 Å². The van der Waals surface area contributed by atoms with Crippen LogP contribution >= 0.6 is 23.2 Å². The summed E-state index contributed by atoms with van der Waals surface area (Å²) < 4.78 is 48.9. The monoisotopic (exact) mass is 725 g/mol. The Labute approximate surface area is 296 Å². The third-order valence-electron chi connectivity index (χ3n) is 8.44. The molecule has 1 unspecified atom stereocenters. The SMILES string of the molecule is CCOc1ccc(S(=O)(=O)N(CC(=O)N(Cc2ccc(Cl)cc2Cl)C(Cc2ccccc2)C(=O)NC2CCCC2)c2ccc(F)cc2)cc1. The van der Waals surface area contributed by atoms with Crippen LogP contribution in [0.15, 0.2) is 102 Å². The van der Waals surface area contributed by atoms with Gasteiger partial charge in [0.2, 0.25) is 11.8 Å². The van der Waals surface area contributed by atoms with Gasteiger partial charge in [-0.2, -0.15) is 0 Å². The second kappa shape index (κ2) is 16.5. The van der Waals surface area contributed by atoms with Crippen LogP contribution in [0.1, 0.15) is 43.7 Å². The van der Waals surface area contributed by atoms with Crippen LogP contribution in [0.3, 0.4) is 0 Å². The third-order valence-corrected chi connectivity index (χ3v) is 10.8. The van der Waals surface area contributed by atoms with E-state index >= 15 is 0 Å². The van der Waals surface area contributed by atoms with Crippen LogP contribution in [0, 0.1) is 5.82 Å². The number of sulfonamides is 1. The van der Waals surface area contributed by atoms with E-state index in [1.807, 2.05) is 37.3 Å². The molecule has 0 spiro atoms. The fourth-order valence-electron chi connectivity index (χ4n) is 5.89. The maximum absolute atomic E-state index is 14.6. The van der Waals surface area contributed by atoms with Crippen molar-refractivity contribution in [1.82, 2.24) is 10.2 Å². The van der Waals surface area contributed by atoms with Crippen molar-refractivity contribution in [2.24, 2.45) is 0 Å². The van der Waals surface area contributed by atoms with Gasteiger partial charge in [0, 0.05) is 29.1 Å². The molecule has 0 heterocycles. The van der Waals surface area contributed by atoms with Crippen LogP contribution in [0.5, 0.6) is 5.75 Å². The normalized spacial score (nSPS) is 13.9. The van der Waals surface area contributed by atoms with Crippen molar-refractivity contribution in [2.45, 2.75) is 62.6 Å². The summed E-state index contributed by atoms with van der Waals surface area (Å²) in [7, 11) is -4.37. The van der Waals surface area contributed by atoms with Crippen molar-refractivity contribution < 1.29 is 27.1 Å². The molecule has 49 heavy (non-hydrogen) atoms. The summed E-state index contributed by atoms with van der Waals surface area (Å²) >= 11 is 12.8. The topological polar surface area (TPSA) is 96.0 Å². The highest BCUT2D eigenvalue weighted by atomic mass is 35.5. The van der Waals surface area contributed by atoms with Gasteiger partial charge >= 0.3 is 0 Å². The Bertz CT molecular complexity index is 1840. The van der Waals surface area contributed by atoms with Crippen LogP contribution in [0.25, 0.3) is 0 Å². The van der Waals surface area contributed by atoms with E-state index in [4.69, 9.17) is 27.9 Å². The van der Waals surface area contributed by atoms with Gasteiger partial charge in [-0.15, -0.1) is 0 Å². The molecule has 2 amide bonds. The molecule has 8 nitrogen and oxygen atoms in total. The summed E-state index contributed by atoms with van der Waals surface area (Å²) in [6.07, 6.45) is 3.82. The maximum Gasteiger partial charge on any atom is 0.264 e. The van der Waals surface area contributed by atoms with Gasteiger partial charge in [0.05, 0.1) is 17.2 Å². The van der Waals surface area contributed by atoms with Crippen LogP contribution < -0.4 is 14.4 Å². The molecule has 4 aromatic rings. The first-order chi connectivity index (χ1) is 23.5. The summed E-state index contributed by atoms with van der Waals surface area (Å²) in [6, 6.07) is 23.8. The molecule has 4 aromatic carbocycles. The summed E-state index contributed by atoms with van der Waals surface area (Å²) in [5.41, 5.74) is 1.41. The Morgan fingerprint density at radius 2 is 1.61 bits per heavy atom. The smallest absolute Gasteiger partial charge is 0.264 e. The van der Waals surface area contributed by atoms with Gasteiger partial charge in [0.25, 0.3) is 10.0 Å². The summed E-state index contributed by atoms with van der Waals surface area (Å²) in [4.78, 5) is 30.0. The molecule has 0 aliphatic heterocycles. The quantitative estimate of drug-likeness (QED) is 0.146. The number of nitrogens with one attached hydrogen (secondary N) is 1. The highest BCUT2D eigenvalue weighted by molar-refractivity contribution is 7.92. The Morgan fingerprint density at radius 1 is 0.939 bits per heavy atom. The number of halogens is 3. The van der Waals surface area contributed by atoms with Crippen LogP contribution in [-0.4, -0.2) is 50.4 Å². The number of carbonyl (C=O) groups is 2. The van der Waals surface area contributed by atoms with Crippen molar-refractivity contribution in [3.8, 4) is 5.75 Å². The number of hydrogen-bond donors (Lipinski definition) is 1. The first-order valence-electron chi connectivity index (χ1n) is 16.1. The van der Waals surface area contributed by atoms with Crippen LogP contribution in [0.2, 0.25) is 10.0 Å². The van der Waals surface area contributed by atoms with Crippen molar-refractivity contribution >= 4 is 50.7 Å². The highest BCUT2D eigenvalue weighted by Crippen LogP contribution is 2.28. The standard InChI is InChI=1S/C37H38Cl2FN3O5S/c1-2-48-32-18-20-33(21-19-32)49(46,47)43(31-16-14-29(40)15-17-31)25-36(44)42(24-27-12-13-28(38)23-34(27)39)35(22-26-8-4-3-5-9-26)37(45)41-30-10-6-7-11-30/h3-5,8-9,12-21,23,30,35H,2,6-7,10-11,22,24-25H2,1H3,(H,41,45). The lowest BCUT2D eigenvalue weighted by Gasteiger charge is -2.34. The molecule has 12 heteroatoms. The minimum absolute atomic E-state index is 0.0300. The zero-order valence-corrected chi connectivity index (χ0v) is 29.4. The largest absolute Gasteiger partial charge is 0.494 e. The molecule has 0 aromatic heterocycles. The molecule has 0 bridgehead atoms. The Morgan fingerprint density at radius 3 is 2.24 bits per heavy atom. The molecular formula is C37H38Cl2FN3O5S. The average molecular weight is 727 g/mol. The van der Waals surface area contributed by atoms with Gasteiger partial charge in [-0.1, -0.05) is 72.4 Å². The molecular weight excluding hydrogens is 688 g/mol. The van der Waals surface area contributed by atoms with Crippen molar-refractivity contribution in [3.05, 3.63) is 124 Å². The summed E-state index contributed by atoms with van der Waals surface area (Å²) in [5.74, 6) is -1.10. The number of ether oxygens (including phenoxy) is 1. The first-order valence-corrected chi connectivity index (χ1v) is 18.3. The fourth-order valence-corrected chi connectivity index (χ4v) is 7.78. The third kappa shape index (κ3) is 9.32. The second-order valence-electron chi connectivity index (χ2n) is 11.8. The first kappa shape index (κ1) is 36.2. The van der Waals surface area contributed by atoms with Gasteiger partial charge in [-0.25, -0.2) is 12.8 Å². The fraction of sp³-hybridized carbons (Fsp3) is 0.297. The molecule has 0 radical (unpaired) electrons. The van der Waals surface area contributed by atoms with Gasteiger partial charge in [-0.05, 0) is 91.6 Å². The number of anilines is 1. The molecule has 1 aliphatic carbocycles. The number of carbonyl (C=O) groups excluding carboxylic acids is 2. The van der Waals surface area contributed by atoms with Gasteiger partial charge < -0.3 is 15.0 Å². The van der Waals surface area contributed by atoms with Crippen LogP contribution in [-0.2, 0) is 32.6 Å². The summed E-state index contributed by atoms with van der Waals surface area (Å²) in [6.45, 7) is 1.42. The predicted molar refractivity (Wildman–Crippen MR) is 190 cm³/mol. The number of amides is 2. The van der Waals surface area contributed by atoms with E-state index in [0.29, 0.717) is 22.9 Å². The lowest BCUT2D eigenvalue weighted by atomic mass is 10.0. The number of hydrogen-bond acceptors (Lipinski definition) is 5. The zero-order chi connectivity index (χ0) is 35.0. The lowest BCUT2D eigenvalue weighted by molar-refractivity contribution is -0.140. The molecule has 1 atom stereocenters. The van der Waals surface area contributed by atoms with Crippen LogP contribution in [0.4, 0.5) is 10.1 Å². The van der Waals surface area contributed by atoms with Gasteiger partial charge in [0.1, 0.15) is 24.2 Å². The number of nitrogens with zero attached hydrogens (tertiary/aromatic N) is 2. The number of rotatable bonds is 14. The summed E-state index contributed by atoms with van der Waals surface area (Å²) in [5, 5.41) is 3.82. The van der Waals surface area contributed by atoms with E-state index < -0.39 is 34.3 Å². The predicted octanol–water partition coefficient (Wildman–Crippen LogP) is 7.43. The number of benzene rings is 4. The molecule has 1 N–H and O–H groups in total. The Balaban J connectivity index is 1.57. The van der Waals surface area contributed by atoms with E-state index in [9.17, 15) is 22.4 Å². The molecule has 0 saturated heterocycles. The molecule has 5 rings (SSSR count). The second-order valence-corrected chi connectivity index (χ2v) is 14.6. The molecule has 1 aliphatic rings. The van der Waals surface area contributed by atoms with Gasteiger partial charge in [0.15, 0.2) is 0 Å². The minimum Gasteiger partial charge on any atom is -0.494 e. The van der Waals surface area contributed by atoms with E-state index in [-0.39, 0.29) is 40.5 Å². The van der Waals surface area contributed by atoms with E-state index in [1.165, 1.54) is 41.3 Å². The Kier molecular flexibility index (Phi) is 12.2. The van der Waals surface area contributed by atoms with Crippen molar-refractivity contribution in [3.63, 3.8) is 0 Å². The molecule has 258 valence electrons. The van der Waals surface area contributed by atoms with Crippen molar-refractivity contribution in [1.29, 1.82) is 0 Å². The maximum atomic E-state index is 14.6. The zero-order valence-electron chi connectivity index (χ0n) is 27.0. The van der Waals surface area contributed by atoms with Gasteiger partial charge in [-0.3, -0.25) is 13.9 Å².